The predicted octanol–water partition coefficient (Wildman–Crippen LogP) is -1.09. The molecule has 0 spiro atoms. The zero-order valence-electron chi connectivity index (χ0n) is 9.18. The van der Waals surface area contributed by atoms with Crippen molar-refractivity contribution in [2.24, 2.45) is 0 Å². The Labute approximate surface area is 91.1 Å². The van der Waals surface area contributed by atoms with Crippen LogP contribution in [0.2, 0.25) is 0 Å². The molecule has 7 heteroatoms. The third-order valence-corrected chi connectivity index (χ3v) is 3.63. The zero-order valence-corrected chi connectivity index (χ0v) is 10.00. The van der Waals surface area contributed by atoms with Crippen LogP contribution in [-0.4, -0.2) is 55.8 Å². The number of hydrogen-bond donors (Lipinski definition) is 3. The van der Waals surface area contributed by atoms with E-state index in [1.165, 1.54) is 11.4 Å². The fourth-order valence-corrected chi connectivity index (χ4v) is 2.05. The maximum absolute atomic E-state index is 11.6. The molecule has 0 saturated carbocycles. The highest BCUT2D eigenvalue weighted by molar-refractivity contribution is 7.87. The van der Waals surface area contributed by atoms with Crippen LogP contribution in [0.15, 0.2) is 0 Å². The van der Waals surface area contributed by atoms with Gasteiger partial charge in [-0.25, -0.2) is 0 Å². The molecular weight excluding hydrogens is 220 g/mol. The van der Waals surface area contributed by atoms with Gasteiger partial charge in [0.15, 0.2) is 0 Å². The Morgan fingerprint density at radius 1 is 1.33 bits per heavy atom. The van der Waals surface area contributed by atoms with Crippen molar-refractivity contribution in [3.63, 3.8) is 0 Å². The van der Waals surface area contributed by atoms with Crippen LogP contribution < -0.4 is 4.72 Å². The van der Waals surface area contributed by atoms with Gasteiger partial charge in [0.05, 0.1) is 19.3 Å². The molecule has 0 heterocycles. The first-order valence-electron chi connectivity index (χ1n) is 4.93. The van der Waals surface area contributed by atoms with Crippen LogP contribution in [0.4, 0.5) is 0 Å². The number of nitrogens with one attached hydrogen (secondary N) is 1. The third-order valence-electron chi connectivity index (χ3n) is 1.99. The molecule has 0 rings (SSSR count). The van der Waals surface area contributed by atoms with Crippen LogP contribution >= 0.6 is 0 Å². The lowest BCUT2D eigenvalue weighted by Gasteiger charge is -2.20. The summed E-state index contributed by atoms with van der Waals surface area (Å²) < 4.78 is 26.5. The van der Waals surface area contributed by atoms with E-state index in [1.807, 2.05) is 6.92 Å². The van der Waals surface area contributed by atoms with Crippen molar-refractivity contribution in [3.8, 4) is 0 Å². The standard InChI is InChI=1S/C8H20N2O4S/c1-3-4-5-10(2)15(13,14)9-8(6-11)7-12/h8-9,11-12H,3-7H2,1-2H3. The second kappa shape index (κ2) is 7.13. The Morgan fingerprint density at radius 3 is 2.27 bits per heavy atom. The molecule has 0 bridgehead atoms. The van der Waals surface area contributed by atoms with Crippen molar-refractivity contribution in [3.05, 3.63) is 0 Å². The number of rotatable bonds is 8. The van der Waals surface area contributed by atoms with E-state index in [4.69, 9.17) is 10.2 Å². The van der Waals surface area contributed by atoms with Gasteiger partial charge in [-0.15, -0.1) is 0 Å². The Bertz CT molecular complexity index is 251. The van der Waals surface area contributed by atoms with E-state index < -0.39 is 29.5 Å². The van der Waals surface area contributed by atoms with Gasteiger partial charge in [0.2, 0.25) is 0 Å². The van der Waals surface area contributed by atoms with Gasteiger partial charge in [0.1, 0.15) is 0 Å². The first-order valence-corrected chi connectivity index (χ1v) is 6.37. The summed E-state index contributed by atoms with van der Waals surface area (Å²) in [4.78, 5) is 0. The molecule has 0 aliphatic carbocycles. The molecule has 0 aromatic heterocycles. The maximum atomic E-state index is 11.6. The number of aliphatic hydroxyl groups is 2. The van der Waals surface area contributed by atoms with Gasteiger partial charge >= 0.3 is 0 Å². The SMILES string of the molecule is CCCCN(C)S(=O)(=O)NC(CO)CO. The van der Waals surface area contributed by atoms with Crippen molar-refractivity contribution in [2.75, 3.05) is 26.8 Å². The molecule has 0 aliphatic rings. The highest BCUT2D eigenvalue weighted by Crippen LogP contribution is 1.99. The average molecular weight is 240 g/mol. The quantitative estimate of drug-likeness (QED) is 0.503. The number of aliphatic hydroxyl groups excluding tert-OH is 2. The first kappa shape index (κ1) is 14.8. The van der Waals surface area contributed by atoms with Crippen LogP contribution in [0.5, 0.6) is 0 Å². The minimum atomic E-state index is -3.59. The highest BCUT2D eigenvalue weighted by atomic mass is 32.2. The first-order chi connectivity index (χ1) is 6.97. The van der Waals surface area contributed by atoms with Gasteiger partial charge in [-0.3, -0.25) is 0 Å². The molecule has 0 aromatic carbocycles. The molecule has 0 radical (unpaired) electrons. The lowest BCUT2D eigenvalue weighted by molar-refractivity contribution is 0.183. The van der Waals surface area contributed by atoms with Crippen LogP contribution in [-0.2, 0) is 10.2 Å². The normalized spacial score (nSPS) is 12.7. The smallest absolute Gasteiger partial charge is 0.279 e. The van der Waals surface area contributed by atoms with Gasteiger partial charge in [-0.1, -0.05) is 13.3 Å². The summed E-state index contributed by atoms with van der Waals surface area (Å²) in [6.45, 7) is 1.56. The van der Waals surface area contributed by atoms with Crippen molar-refractivity contribution in [2.45, 2.75) is 25.8 Å². The van der Waals surface area contributed by atoms with Crippen molar-refractivity contribution >= 4 is 10.2 Å². The molecule has 0 atom stereocenters. The number of unbranched alkanes of at least 4 members (excludes halogenated alkanes) is 1. The van der Waals surface area contributed by atoms with Gasteiger partial charge in [-0.05, 0) is 6.42 Å². The minimum absolute atomic E-state index is 0.419. The van der Waals surface area contributed by atoms with E-state index >= 15 is 0 Å². The molecule has 6 nitrogen and oxygen atoms in total. The lowest BCUT2D eigenvalue weighted by atomic mass is 10.3. The van der Waals surface area contributed by atoms with E-state index in [-0.39, 0.29) is 0 Å². The van der Waals surface area contributed by atoms with Crippen LogP contribution in [0.25, 0.3) is 0 Å². The number of hydrogen-bond acceptors (Lipinski definition) is 4. The van der Waals surface area contributed by atoms with Crippen LogP contribution in [0, 0.1) is 0 Å². The summed E-state index contributed by atoms with van der Waals surface area (Å²) in [7, 11) is -2.13. The lowest BCUT2D eigenvalue weighted by Crippen LogP contribution is -2.46. The zero-order chi connectivity index (χ0) is 11.9. The van der Waals surface area contributed by atoms with E-state index in [0.717, 1.165) is 12.8 Å². The second-order valence-electron chi connectivity index (χ2n) is 3.36. The Balaban J connectivity index is 4.27. The summed E-state index contributed by atoms with van der Waals surface area (Å²) in [5, 5.41) is 17.5. The summed E-state index contributed by atoms with van der Waals surface area (Å²) in [5.74, 6) is 0. The van der Waals surface area contributed by atoms with Crippen molar-refractivity contribution in [1.29, 1.82) is 0 Å². The Kier molecular flexibility index (Phi) is 7.03. The molecule has 0 aromatic rings. The van der Waals surface area contributed by atoms with E-state index in [0.29, 0.717) is 6.54 Å². The fourth-order valence-electron chi connectivity index (χ4n) is 0.934. The van der Waals surface area contributed by atoms with Crippen molar-refractivity contribution in [1.82, 2.24) is 9.03 Å². The monoisotopic (exact) mass is 240 g/mol. The topological polar surface area (TPSA) is 89.9 Å². The van der Waals surface area contributed by atoms with Crippen LogP contribution in [0.3, 0.4) is 0 Å². The van der Waals surface area contributed by atoms with E-state index in [9.17, 15) is 8.42 Å². The van der Waals surface area contributed by atoms with Gasteiger partial charge in [0, 0.05) is 13.6 Å². The number of nitrogens with zero attached hydrogens (tertiary/aromatic N) is 1. The van der Waals surface area contributed by atoms with Gasteiger partial charge < -0.3 is 10.2 Å². The fraction of sp³-hybridized carbons (Fsp3) is 1.00. The molecule has 0 amide bonds. The van der Waals surface area contributed by atoms with Crippen molar-refractivity contribution < 1.29 is 18.6 Å². The Hall–Kier alpha value is -0.210. The maximum Gasteiger partial charge on any atom is 0.279 e. The molecule has 0 unspecified atom stereocenters. The second-order valence-corrected chi connectivity index (χ2v) is 5.17. The van der Waals surface area contributed by atoms with Gasteiger partial charge in [0.25, 0.3) is 10.2 Å². The third kappa shape index (κ3) is 5.43. The molecule has 0 fully saturated rings. The molecular formula is C8H20N2O4S. The summed E-state index contributed by atoms with van der Waals surface area (Å²) in [5.41, 5.74) is 0. The van der Waals surface area contributed by atoms with Gasteiger partial charge in [-0.2, -0.15) is 17.4 Å². The molecule has 0 aliphatic heterocycles. The summed E-state index contributed by atoms with van der Waals surface area (Å²) in [6, 6.07) is -0.834. The summed E-state index contributed by atoms with van der Waals surface area (Å²) >= 11 is 0. The predicted molar refractivity (Wildman–Crippen MR) is 57.6 cm³/mol. The van der Waals surface area contributed by atoms with E-state index in [2.05, 4.69) is 4.72 Å². The summed E-state index contributed by atoms with van der Waals surface area (Å²) in [6.07, 6.45) is 1.68. The Morgan fingerprint density at radius 2 is 1.87 bits per heavy atom. The highest BCUT2D eigenvalue weighted by Gasteiger charge is 2.20. The molecule has 3 N–H and O–H groups in total. The van der Waals surface area contributed by atoms with E-state index in [1.54, 1.807) is 0 Å². The van der Waals surface area contributed by atoms with Crippen LogP contribution in [0.1, 0.15) is 19.8 Å². The minimum Gasteiger partial charge on any atom is -0.395 e. The molecule has 0 saturated heterocycles. The molecule has 15 heavy (non-hydrogen) atoms. The largest absolute Gasteiger partial charge is 0.395 e. The molecule has 92 valence electrons. The average Bonchev–Trinajstić information content (AvgIpc) is 2.22.